The van der Waals surface area contributed by atoms with Crippen LogP contribution in [0.2, 0.25) is 0 Å². The number of halogens is 1. The number of esters is 1. The standard InChI is InChI=1S/C18H22FN3O3/c1-11(20-18(2,3)4)16-14(10-15(23)25-5)21-22(17(16)24)13-8-6-12(19)7-9-13/h6-9,21H,10H2,1-5H3. The minimum absolute atomic E-state index is 0.0910. The molecule has 0 amide bonds. The van der Waals surface area contributed by atoms with E-state index in [2.05, 4.69) is 10.1 Å². The Morgan fingerprint density at radius 3 is 2.40 bits per heavy atom. The monoisotopic (exact) mass is 347 g/mol. The third kappa shape index (κ3) is 4.43. The van der Waals surface area contributed by atoms with Crippen LogP contribution in [0.3, 0.4) is 0 Å². The molecule has 1 N–H and O–H groups in total. The highest BCUT2D eigenvalue weighted by Gasteiger charge is 2.21. The summed E-state index contributed by atoms with van der Waals surface area (Å²) in [6.45, 7) is 7.48. The Hall–Kier alpha value is -2.70. The molecule has 1 heterocycles. The first-order valence-corrected chi connectivity index (χ1v) is 7.86. The molecular weight excluding hydrogens is 325 g/mol. The number of nitrogens with zero attached hydrogens (tertiary/aromatic N) is 2. The fourth-order valence-corrected chi connectivity index (χ4v) is 2.53. The number of carbonyl (C=O) groups is 1. The molecule has 0 aliphatic carbocycles. The van der Waals surface area contributed by atoms with E-state index in [1.54, 1.807) is 6.92 Å². The van der Waals surface area contributed by atoms with E-state index in [1.807, 2.05) is 20.8 Å². The number of hydrogen-bond donors (Lipinski definition) is 1. The molecule has 0 unspecified atom stereocenters. The average Bonchev–Trinajstić information content (AvgIpc) is 2.82. The molecule has 0 spiro atoms. The first-order valence-electron chi connectivity index (χ1n) is 7.86. The smallest absolute Gasteiger partial charge is 0.311 e. The molecule has 0 aliphatic rings. The maximum atomic E-state index is 13.1. The van der Waals surface area contributed by atoms with Gasteiger partial charge in [-0.15, -0.1) is 0 Å². The Bertz CT molecular complexity index is 855. The molecule has 25 heavy (non-hydrogen) atoms. The highest BCUT2D eigenvalue weighted by atomic mass is 19.1. The quantitative estimate of drug-likeness (QED) is 0.682. The Morgan fingerprint density at radius 2 is 1.88 bits per heavy atom. The minimum Gasteiger partial charge on any atom is -0.469 e. The number of rotatable bonds is 4. The summed E-state index contributed by atoms with van der Waals surface area (Å²) < 4.78 is 19.1. The number of benzene rings is 1. The number of methoxy groups -OCH3 is 1. The van der Waals surface area contributed by atoms with Gasteiger partial charge in [-0.1, -0.05) is 0 Å². The van der Waals surface area contributed by atoms with E-state index < -0.39 is 11.8 Å². The van der Waals surface area contributed by atoms with Crippen molar-refractivity contribution in [3.8, 4) is 5.69 Å². The van der Waals surface area contributed by atoms with Crippen molar-refractivity contribution in [2.24, 2.45) is 4.99 Å². The molecule has 0 saturated carbocycles. The number of aromatic nitrogens is 2. The molecule has 1 aromatic carbocycles. The molecule has 6 nitrogen and oxygen atoms in total. The van der Waals surface area contributed by atoms with Crippen LogP contribution in [-0.2, 0) is 16.0 Å². The molecule has 0 radical (unpaired) electrons. The lowest BCUT2D eigenvalue weighted by Gasteiger charge is -2.13. The van der Waals surface area contributed by atoms with Crippen molar-refractivity contribution >= 4 is 11.7 Å². The number of aromatic amines is 1. The lowest BCUT2D eigenvalue weighted by molar-refractivity contribution is -0.139. The van der Waals surface area contributed by atoms with Crippen molar-refractivity contribution in [3.63, 3.8) is 0 Å². The van der Waals surface area contributed by atoms with Crippen LogP contribution in [0.4, 0.5) is 4.39 Å². The Morgan fingerprint density at radius 1 is 1.28 bits per heavy atom. The fourth-order valence-electron chi connectivity index (χ4n) is 2.53. The van der Waals surface area contributed by atoms with Gasteiger partial charge in [0.1, 0.15) is 5.82 Å². The van der Waals surface area contributed by atoms with Crippen molar-refractivity contribution in [1.82, 2.24) is 9.78 Å². The van der Waals surface area contributed by atoms with E-state index in [9.17, 15) is 14.0 Å². The summed E-state index contributed by atoms with van der Waals surface area (Å²) in [5.41, 5.74) is 0.991. The molecular formula is C18H22FN3O3. The lowest BCUT2D eigenvalue weighted by Crippen LogP contribution is -2.22. The summed E-state index contributed by atoms with van der Waals surface area (Å²) in [4.78, 5) is 29.1. The van der Waals surface area contributed by atoms with Gasteiger partial charge >= 0.3 is 5.97 Å². The van der Waals surface area contributed by atoms with Crippen LogP contribution in [0.5, 0.6) is 0 Å². The number of hydrogen-bond acceptors (Lipinski definition) is 4. The SMILES string of the molecule is COC(=O)Cc1[nH]n(-c2ccc(F)cc2)c(=O)c1C(C)=NC(C)(C)C. The molecule has 0 bridgehead atoms. The summed E-state index contributed by atoms with van der Waals surface area (Å²) in [5.74, 6) is -0.874. The lowest BCUT2D eigenvalue weighted by atomic mass is 10.1. The maximum absolute atomic E-state index is 13.1. The number of nitrogens with one attached hydrogen (secondary N) is 1. The van der Waals surface area contributed by atoms with E-state index in [1.165, 1.54) is 36.1 Å². The average molecular weight is 347 g/mol. The molecule has 0 aliphatic heterocycles. The second-order valence-electron chi connectivity index (χ2n) is 6.70. The molecule has 7 heteroatoms. The second-order valence-corrected chi connectivity index (χ2v) is 6.70. The predicted molar refractivity (Wildman–Crippen MR) is 94.0 cm³/mol. The molecule has 2 aromatic rings. The van der Waals surface area contributed by atoms with Crippen LogP contribution >= 0.6 is 0 Å². The molecule has 1 aromatic heterocycles. The van der Waals surface area contributed by atoms with Gasteiger partial charge < -0.3 is 4.74 Å². The van der Waals surface area contributed by atoms with Crippen molar-refractivity contribution in [2.75, 3.05) is 7.11 Å². The zero-order chi connectivity index (χ0) is 18.8. The Kier molecular flexibility index (Phi) is 5.25. The van der Waals surface area contributed by atoms with Gasteiger partial charge in [-0.05, 0) is 52.0 Å². The zero-order valence-corrected chi connectivity index (χ0v) is 15.0. The number of carbonyl (C=O) groups excluding carboxylic acids is 1. The summed E-state index contributed by atoms with van der Waals surface area (Å²) in [7, 11) is 1.28. The van der Waals surface area contributed by atoms with Crippen LogP contribution in [-0.4, -0.2) is 34.1 Å². The van der Waals surface area contributed by atoms with Gasteiger partial charge in [-0.2, -0.15) is 0 Å². The molecule has 2 rings (SSSR count). The van der Waals surface area contributed by atoms with Gasteiger partial charge in [0.15, 0.2) is 0 Å². The predicted octanol–water partition coefficient (Wildman–Crippen LogP) is 2.63. The molecule has 134 valence electrons. The number of aliphatic imine (C=N–C) groups is 1. The third-order valence-electron chi connectivity index (χ3n) is 3.46. The zero-order valence-electron chi connectivity index (χ0n) is 15.0. The molecule has 0 fully saturated rings. The maximum Gasteiger partial charge on any atom is 0.311 e. The second kappa shape index (κ2) is 7.04. The van der Waals surface area contributed by atoms with E-state index in [4.69, 9.17) is 4.74 Å². The number of H-pyrrole nitrogens is 1. The fraction of sp³-hybridized carbons (Fsp3) is 0.389. The van der Waals surface area contributed by atoms with Gasteiger partial charge in [-0.3, -0.25) is 19.7 Å². The van der Waals surface area contributed by atoms with Crippen molar-refractivity contribution in [3.05, 3.63) is 51.7 Å². The Labute approximate surface area is 145 Å². The highest BCUT2D eigenvalue weighted by Crippen LogP contribution is 2.14. The highest BCUT2D eigenvalue weighted by molar-refractivity contribution is 6.00. The summed E-state index contributed by atoms with van der Waals surface area (Å²) in [5, 5.41) is 2.92. The van der Waals surface area contributed by atoms with Gasteiger partial charge in [0.25, 0.3) is 5.56 Å². The summed E-state index contributed by atoms with van der Waals surface area (Å²) in [6, 6.07) is 5.49. The molecule has 0 saturated heterocycles. The van der Waals surface area contributed by atoms with E-state index in [-0.39, 0.29) is 17.5 Å². The minimum atomic E-state index is -0.475. The van der Waals surface area contributed by atoms with Crippen LogP contribution in [0.25, 0.3) is 5.69 Å². The first-order chi connectivity index (χ1) is 11.6. The third-order valence-corrected chi connectivity index (χ3v) is 3.46. The first kappa shape index (κ1) is 18.6. The largest absolute Gasteiger partial charge is 0.469 e. The van der Waals surface area contributed by atoms with Gasteiger partial charge in [-0.25, -0.2) is 9.07 Å². The summed E-state index contributed by atoms with van der Waals surface area (Å²) >= 11 is 0. The van der Waals surface area contributed by atoms with E-state index in [0.717, 1.165) is 0 Å². The van der Waals surface area contributed by atoms with Crippen LogP contribution in [0, 0.1) is 5.82 Å². The normalized spacial score (nSPS) is 12.3. The number of ether oxygens (including phenoxy) is 1. The topological polar surface area (TPSA) is 76.5 Å². The summed E-state index contributed by atoms with van der Waals surface area (Å²) in [6.07, 6.45) is -0.0910. The van der Waals surface area contributed by atoms with Crippen LogP contribution < -0.4 is 5.56 Å². The van der Waals surface area contributed by atoms with E-state index in [0.29, 0.717) is 22.7 Å². The van der Waals surface area contributed by atoms with Crippen molar-refractivity contribution in [1.29, 1.82) is 0 Å². The van der Waals surface area contributed by atoms with E-state index >= 15 is 0 Å². The van der Waals surface area contributed by atoms with Gasteiger partial charge in [0.2, 0.25) is 0 Å². The van der Waals surface area contributed by atoms with Gasteiger partial charge in [0, 0.05) is 5.71 Å². The van der Waals surface area contributed by atoms with Crippen LogP contribution in [0.15, 0.2) is 34.1 Å². The van der Waals surface area contributed by atoms with Crippen molar-refractivity contribution in [2.45, 2.75) is 39.7 Å². The Balaban J connectivity index is 2.63. The van der Waals surface area contributed by atoms with Crippen LogP contribution in [0.1, 0.15) is 39.0 Å². The van der Waals surface area contributed by atoms with Crippen molar-refractivity contribution < 1.29 is 13.9 Å². The van der Waals surface area contributed by atoms with Gasteiger partial charge in [0.05, 0.1) is 36.0 Å². The molecule has 0 atom stereocenters.